The summed E-state index contributed by atoms with van der Waals surface area (Å²) in [7, 11) is 2.93. The first-order valence-corrected chi connectivity index (χ1v) is 11.1. The molecule has 3 heterocycles. The zero-order chi connectivity index (χ0) is 24.8. The Morgan fingerprint density at radius 3 is 2.69 bits per heavy atom. The molecule has 1 atom stereocenters. The number of benzene rings is 1. The summed E-state index contributed by atoms with van der Waals surface area (Å²) in [6.45, 7) is 3.96. The van der Waals surface area contributed by atoms with Gasteiger partial charge in [0.2, 0.25) is 0 Å². The Morgan fingerprint density at radius 2 is 1.97 bits per heavy atom. The number of anilines is 3. The van der Waals surface area contributed by atoms with Gasteiger partial charge in [-0.15, -0.1) is 0 Å². The number of carbonyl (C=O) groups is 2. The Morgan fingerprint density at radius 1 is 1.17 bits per heavy atom. The average Bonchev–Trinajstić information content (AvgIpc) is 3.54. The number of nitrogens with one attached hydrogen (secondary N) is 2. The van der Waals surface area contributed by atoms with Gasteiger partial charge < -0.3 is 34.2 Å². The minimum atomic E-state index is -0.539. The van der Waals surface area contributed by atoms with Gasteiger partial charge >= 0.3 is 0 Å². The van der Waals surface area contributed by atoms with Crippen molar-refractivity contribution in [3.63, 3.8) is 0 Å². The molecule has 0 unspecified atom stereocenters. The molecule has 11 nitrogen and oxygen atoms in total. The first-order valence-electron chi connectivity index (χ1n) is 11.1. The van der Waals surface area contributed by atoms with Crippen LogP contribution < -0.4 is 25.0 Å². The fourth-order valence-electron chi connectivity index (χ4n) is 3.78. The van der Waals surface area contributed by atoms with Crippen molar-refractivity contribution in [3.05, 3.63) is 54.2 Å². The van der Waals surface area contributed by atoms with E-state index in [1.54, 1.807) is 18.3 Å². The van der Waals surface area contributed by atoms with Crippen LogP contribution in [0.25, 0.3) is 0 Å². The van der Waals surface area contributed by atoms with Crippen LogP contribution >= 0.6 is 0 Å². The van der Waals surface area contributed by atoms with E-state index in [1.807, 2.05) is 11.8 Å². The number of hydrogen-bond donors (Lipinski definition) is 2. The molecule has 0 saturated carbocycles. The van der Waals surface area contributed by atoms with Gasteiger partial charge in [-0.3, -0.25) is 14.6 Å². The van der Waals surface area contributed by atoms with E-state index >= 15 is 0 Å². The maximum atomic E-state index is 13.0. The van der Waals surface area contributed by atoms with Crippen LogP contribution in [0.3, 0.4) is 0 Å². The van der Waals surface area contributed by atoms with E-state index in [4.69, 9.17) is 18.6 Å². The monoisotopic (exact) mass is 481 g/mol. The summed E-state index contributed by atoms with van der Waals surface area (Å²) < 4.78 is 21.9. The van der Waals surface area contributed by atoms with Crippen molar-refractivity contribution in [1.29, 1.82) is 0 Å². The standard InChI is InChI=1S/C24H27N5O6/c1-4-34-16-7-9-29(13-16)24-28-19(14-35-24)23(31)27-18-11-21(33-3)20(32-2)10-17(18)22(30)26-15-6-5-8-25-12-15/h5-6,8,10-12,14,16H,4,7,9,13H2,1-3H3,(H,26,30)(H,27,31)/t16-/m0/s1. The van der Waals surface area contributed by atoms with Gasteiger partial charge in [-0.25, -0.2) is 0 Å². The lowest BCUT2D eigenvalue weighted by Gasteiger charge is -2.15. The Hall–Kier alpha value is -4.12. The van der Waals surface area contributed by atoms with Crippen molar-refractivity contribution in [2.45, 2.75) is 19.4 Å². The number of rotatable bonds is 9. The molecule has 2 aromatic heterocycles. The highest BCUT2D eigenvalue weighted by Crippen LogP contribution is 2.34. The van der Waals surface area contributed by atoms with Crippen LogP contribution in [-0.4, -0.2) is 61.8 Å². The molecule has 2 N–H and O–H groups in total. The second-order valence-corrected chi connectivity index (χ2v) is 7.73. The molecular formula is C24H27N5O6. The molecule has 1 fully saturated rings. The molecule has 1 aliphatic heterocycles. The molecule has 11 heteroatoms. The summed E-state index contributed by atoms with van der Waals surface area (Å²) in [6, 6.07) is 6.76. The van der Waals surface area contributed by atoms with Crippen LogP contribution in [0.1, 0.15) is 34.2 Å². The number of pyridine rings is 1. The zero-order valence-corrected chi connectivity index (χ0v) is 19.7. The number of oxazole rings is 1. The third-order valence-electron chi connectivity index (χ3n) is 5.48. The van der Waals surface area contributed by atoms with Crippen molar-refractivity contribution in [2.24, 2.45) is 0 Å². The van der Waals surface area contributed by atoms with E-state index < -0.39 is 11.8 Å². The number of amides is 2. The fourth-order valence-corrected chi connectivity index (χ4v) is 3.78. The molecule has 0 radical (unpaired) electrons. The van der Waals surface area contributed by atoms with Crippen LogP contribution in [0.2, 0.25) is 0 Å². The predicted molar refractivity (Wildman–Crippen MR) is 128 cm³/mol. The third kappa shape index (κ3) is 5.52. The molecule has 3 aromatic rings. The van der Waals surface area contributed by atoms with E-state index in [1.165, 1.54) is 38.8 Å². The molecule has 1 aliphatic rings. The number of methoxy groups -OCH3 is 2. The van der Waals surface area contributed by atoms with Gasteiger partial charge in [0.25, 0.3) is 17.8 Å². The smallest absolute Gasteiger partial charge is 0.298 e. The second-order valence-electron chi connectivity index (χ2n) is 7.73. The van der Waals surface area contributed by atoms with Crippen molar-refractivity contribution in [3.8, 4) is 11.5 Å². The number of nitrogens with zero attached hydrogens (tertiary/aromatic N) is 3. The van der Waals surface area contributed by atoms with Crippen molar-refractivity contribution < 1.29 is 28.2 Å². The van der Waals surface area contributed by atoms with Crippen molar-refractivity contribution >= 4 is 29.2 Å². The Labute approximate surface area is 202 Å². The minimum absolute atomic E-state index is 0.0771. The van der Waals surface area contributed by atoms with Crippen LogP contribution in [0.5, 0.6) is 11.5 Å². The van der Waals surface area contributed by atoms with E-state index in [2.05, 4.69) is 20.6 Å². The highest BCUT2D eigenvalue weighted by atomic mass is 16.5. The van der Waals surface area contributed by atoms with Gasteiger partial charge in [-0.05, 0) is 31.5 Å². The Balaban J connectivity index is 1.55. The summed E-state index contributed by atoms with van der Waals surface area (Å²) in [5.74, 6) is -0.318. The summed E-state index contributed by atoms with van der Waals surface area (Å²) in [4.78, 5) is 36.3. The summed E-state index contributed by atoms with van der Waals surface area (Å²) >= 11 is 0. The summed E-state index contributed by atoms with van der Waals surface area (Å²) in [5, 5.41) is 5.49. The molecule has 4 rings (SSSR count). The SMILES string of the molecule is CCO[C@H]1CCN(c2nc(C(=O)Nc3cc(OC)c(OC)cc3C(=O)Nc3cccnc3)co2)C1. The number of aromatic nitrogens is 2. The average molecular weight is 482 g/mol. The van der Waals surface area contributed by atoms with Gasteiger partial charge in [0, 0.05) is 32.0 Å². The van der Waals surface area contributed by atoms with Gasteiger partial charge in [-0.1, -0.05) is 0 Å². The lowest BCUT2D eigenvalue weighted by atomic mass is 10.1. The maximum Gasteiger partial charge on any atom is 0.298 e. The largest absolute Gasteiger partial charge is 0.493 e. The van der Waals surface area contributed by atoms with Crippen molar-refractivity contribution in [1.82, 2.24) is 9.97 Å². The van der Waals surface area contributed by atoms with E-state index in [-0.39, 0.29) is 23.0 Å². The predicted octanol–water partition coefficient (Wildman–Crippen LogP) is 3.21. The normalized spacial score (nSPS) is 15.1. The first kappa shape index (κ1) is 24.0. The fraction of sp³-hybridized carbons (Fsp3) is 0.333. The molecule has 2 amide bonds. The molecular weight excluding hydrogens is 454 g/mol. The molecule has 0 aliphatic carbocycles. The van der Waals surface area contributed by atoms with Crippen molar-refractivity contribution in [2.75, 3.05) is 49.4 Å². The Bertz CT molecular complexity index is 1180. The lowest BCUT2D eigenvalue weighted by Crippen LogP contribution is -2.23. The van der Waals surface area contributed by atoms with E-state index in [0.717, 1.165) is 13.0 Å². The first-order chi connectivity index (χ1) is 17.0. The quantitative estimate of drug-likeness (QED) is 0.473. The number of hydrogen-bond acceptors (Lipinski definition) is 9. The van der Waals surface area contributed by atoms with Gasteiger partial charge in [0.1, 0.15) is 6.26 Å². The number of carbonyl (C=O) groups excluding carboxylic acids is 2. The topological polar surface area (TPSA) is 128 Å². The summed E-state index contributed by atoms with van der Waals surface area (Å²) in [6.07, 6.45) is 5.37. The molecule has 35 heavy (non-hydrogen) atoms. The Kier molecular flexibility index (Phi) is 7.46. The van der Waals surface area contributed by atoms with Gasteiger partial charge in [0.15, 0.2) is 17.2 Å². The minimum Gasteiger partial charge on any atom is -0.493 e. The van der Waals surface area contributed by atoms with Crippen LogP contribution in [0.4, 0.5) is 17.4 Å². The molecule has 0 bridgehead atoms. The highest BCUT2D eigenvalue weighted by Gasteiger charge is 2.27. The highest BCUT2D eigenvalue weighted by molar-refractivity contribution is 6.12. The van der Waals surface area contributed by atoms with Gasteiger partial charge in [0.05, 0.1) is 43.5 Å². The molecule has 184 valence electrons. The number of ether oxygens (including phenoxy) is 3. The molecule has 1 aromatic carbocycles. The second kappa shape index (κ2) is 10.9. The van der Waals surface area contributed by atoms with Crippen LogP contribution in [0.15, 0.2) is 47.3 Å². The van der Waals surface area contributed by atoms with Crippen LogP contribution in [-0.2, 0) is 4.74 Å². The van der Waals surface area contributed by atoms with Gasteiger partial charge in [-0.2, -0.15) is 4.98 Å². The zero-order valence-electron chi connectivity index (χ0n) is 19.7. The maximum absolute atomic E-state index is 13.0. The van der Waals surface area contributed by atoms with E-state index in [9.17, 15) is 9.59 Å². The molecule has 0 spiro atoms. The summed E-state index contributed by atoms with van der Waals surface area (Å²) in [5.41, 5.74) is 0.966. The van der Waals surface area contributed by atoms with Crippen LogP contribution in [0, 0.1) is 0 Å². The molecule has 1 saturated heterocycles. The van der Waals surface area contributed by atoms with E-state index in [0.29, 0.717) is 36.4 Å². The lowest BCUT2D eigenvalue weighted by molar-refractivity contribution is 0.0785. The third-order valence-corrected chi connectivity index (χ3v) is 5.48.